The van der Waals surface area contributed by atoms with Crippen molar-refractivity contribution in [2.24, 2.45) is 17.1 Å². The molecule has 1 rings (SSSR count). The van der Waals surface area contributed by atoms with Gasteiger partial charge in [0.25, 0.3) is 0 Å². The minimum absolute atomic E-state index is 0.239. The molecule has 1 heterocycles. The number of hydrogen-bond donors (Lipinski definition) is 3. The maximum atomic E-state index is 12.2. The maximum absolute atomic E-state index is 12.2. The molecular weight excluding hydrogens is 246 g/mol. The summed E-state index contributed by atoms with van der Waals surface area (Å²) in [5, 5.41) is 12.3. The molecule has 4 N–H and O–H groups in total. The summed E-state index contributed by atoms with van der Waals surface area (Å²) in [6.07, 6.45) is -0.921. The number of carbonyl (C=O) groups is 2. The van der Waals surface area contributed by atoms with Crippen LogP contribution < -0.4 is 11.1 Å². The minimum Gasteiger partial charge on any atom is -0.391 e. The van der Waals surface area contributed by atoms with Gasteiger partial charge < -0.3 is 21.1 Å². The number of aliphatic hydroxyl groups is 1. The van der Waals surface area contributed by atoms with E-state index < -0.39 is 17.6 Å². The van der Waals surface area contributed by atoms with Crippen LogP contribution in [0.1, 0.15) is 27.7 Å². The van der Waals surface area contributed by atoms with E-state index in [2.05, 4.69) is 5.32 Å². The Labute approximate surface area is 114 Å². The summed E-state index contributed by atoms with van der Waals surface area (Å²) in [6, 6.07) is -0.884. The van der Waals surface area contributed by atoms with E-state index >= 15 is 0 Å². The van der Waals surface area contributed by atoms with Crippen molar-refractivity contribution in [2.45, 2.75) is 39.8 Å². The summed E-state index contributed by atoms with van der Waals surface area (Å²) in [7, 11) is 0. The Hall–Kier alpha value is -1.14. The van der Waals surface area contributed by atoms with Crippen molar-refractivity contribution in [3.05, 3.63) is 0 Å². The predicted molar refractivity (Wildman–Crippen MR) is 72.2 cm³/mol. The molecule has 6 nitrogen and oxygen atoms in total. The minimum atomic E-state index is -0.921. The van der Waals surface area contributed by atoms with Crippen molar-refractivity contribution in [1.29, 1.82) is 0 Å². The molecule has 1 fully saturated rings. The molecule has 2 atom stereocenters. The van der Waals surface area contributed by atoms with Gasteiger partial charge in [0.2, 0.25) is 11.8 Å². The first-order chi connectivity index (χ1) is 8.66. The van der Waals surface area contributed by atoms with Crippen molar-refractivity contribution in [3.8, 4) is 0 Å². The van der Waals surface area contributed by atoms with E-state index in [-0.39, 0.29) is 11.8 Å². The Balaban J connectivity index is 2.63. The van der Waals surface area contributed by atoms with Gasteiger partial charge in [-0.1, -0.05) is 20.8 Å². The lowest BCUT2D eigenvalue weighted by atomic mass is 9.94. The number of nitrogens with two attached hydrogens (primary N) is 1. The number of nitrogens with zero attached hydrogens (tertiary/aromatic N) is 1. The zero-order valence-electron chi connectivity index (χ0n) is 12.1. The van der Waals surface area contributed by atoms with Gasteiger partial charge in [0.15, 0.2) is 0 Å². The first-order valence-electron chi connectivity index (χ1n) is 6.64. The molecule has 19 heavy (non-hydrogen) atoms. The Morgan fingerprint density at radius 1 is 1.42 bits per heavy atom. The Kier molecular flexibility index (Phi) is 4.92. The van der Waals surface area contributed by atoms with Crippen molar-refractivity contribution in [3.63, 3.8) is 0 Å². The third-order valence-electron chi connectivity index (χ3n) is 3.32. The summed E-state index contributed by atoms with van der Waals surface area (Å²) in [4.78, 5) is 25.7. The molecule has 0 aromatic carbocycles. The third kappa shape index (κ3) is 3.91. The smallest absolute Gasteiger partial charge is 0.247 e. The summed E-state index contributed by atoms with van der Waals surface area (Å²) < 4.78 is 0. The SMILES string of the molecule is CC(O)C(NC(=O)C(C)(C)C)C(=O)N1CC(CN)C1. The largest absolute Gasteiger partial charge is 0.391 e. The van der Waals surface area contributed by atoms with Gasteiger partial charge in [0, 0.05) is 24.4 Å². The molecule has 1 aliphatic heterocycles. The van der Waals surface area contributed by atoms with Crippen LogP contribution in [0.2, 0.25) is 0 Å². The van der Waals surface area contributed by atoms with Crippen LogP contribution in [0.15, 0.2) is 0 Å². The molecular formula is C13H25N3O3. The van der Waals surface area contributed by atoms with Crippen molar-refractivity contribution < 1.29 is 14.7 Å². The monoisotopic (exact) mass is 271 g/mol. The van der Waals surface area contributed by atoms with Crippen LogP contribution in [0.5, 0.6) is 0 Å². The molecule has 0 saturated carbocycles. The van der Waals surface area contributed by atoms with Gasteiger partial charge >= 0.3 is 0 Å². The summed E-state index contributed by atoms with van der Waals surface area (Å²) in [5.41, 5.74) is 4.92. The van der Waals surface area contributed by atoms with E-state index in [0.717, 1.165) is 0 Å². The molecule has 1 aliphatic rings. The van der Waals surface area contributed by atoms with E-state index in [1.807, 2.05) is 0 Å². The molecule has 2 unspecified atom stereocenters. The van der Waals surface area contributed by atoms with Crippen LogP contribution in [0.3, 0.4) is 0 Å². The van der Waals surface area contributed by atoms with Gasteiger partial charge in [0.1, 0.15) is 6.04 Å². The molecule has 6 heteroatoms. The fraction of sp³-hybridized carbons (Fsp3) is 0.846. The number of hydrogen-bond acceptors (Lipinski definition) is 4. The Morgan fingerprint density at radius 2 is 1.95 bits per heavy atom. The quantitative estimate of drug-likeness (QED) is 0.631. The van der Waals surface area contributed by atoms with E-state index in [1.165, 1.54) is 6.92 Å². The van der Waals surface area contributed by atoms with Crippen LogP contribution in [-0.4, -0.2) is 53.6 Å². The normalized spacial score (nSPS) is 19.6. The van der Waals surface area contributed by atoms with Gasteiger partial charge in [-0.15, -0.1) is 0 Å². The van der Waals surface area contributed by atoms with Crippen molar-refractivity contribution in [1.82, 2.24) is 10.2 Å². The van der Waals surface area contributed by atoms with Gasteiger partial charge in [-0.3, -0.25) is 9.59 Å². The number of aliphatic hydroxyl groups excluding tert-OH is 1. The third-order valence-corrected chi connectivity index (χ3v) is 3.32. The average Bonchev–Trinajstić information content (AvgIpc) is 2.21. The summed E-state index contributed by atoms with van der Waals surface area (Å²) in [6.45, 7) is 8.55. The lowest BCUT2D eigenvalue weighted by Crippen LogP contribution is -2.61. The predicted octanol–water partition coefficient (Wildman–Crippen LogP) is -0.685. The average molecular weight is 271 g/mol. The molecule has 0 spiro atoms. The number of amides is 2. The lowest BCUT2D eigenvalue weighted by molar-refractivity contribution is -0.146. The second-order valence-electron chi connectivity index (χ2n) is 6.29. The molecule has 0 radical (unpaired) electrons. The first kappa shape index (κ1) is 15.9. The van der Waals surface area contributed by atoms with Crippen LogP contribution in [-0.2, 0) is 9.59 Å². The fourth-order valence-corrected chi connectivity index (χ4v) is 1.84. The van der Waals surface area contributed by atoms with Gasteiger partial charge in [0.05, 0.1) is 6.10 Å². The van der Waals surface area contributed by atoms with Crippen LogP contribution in [0.25, 0.3) is 0 Å². The van der Waals surface area contributed by atoms with Crippen LogP contribution in [0, 0.1) is 11.3 Å². The number of rotatable bonds is 4. The Bertz CT molecular complexity index is 344. The molecule has 0 aromatic heterocycles. The molecule has 1 saturated heterocycles. The second kappa shape index (κ2) is 5.88. The topological polar surface area (TPSA) is 95.7 Å². The van der Waals surface area contributed by atoms with Gasteiger partial charge in [-0.05, 0) is 13.5 Å². The summed E-state index contributed by atoms with van der Waals surface area (Å²) in [5.74, 6) is -0.156. The second-order valence-corrected chi connectivity index (χ2v) is 6.29. The molecule has 110 valence electrons. The molecule has 0 aromatic rings. The summed E-state index contributed by atoms with van der Waals surface area (Å²) >= 11 is 0. The standard InChI is InChI=1S/C13H25N3O3/c1-8(17)10(15-12(19)13(2,3)4)11(18)16-6-9(5-14)7-16/h8-10,17H,5-7,14H2,1-4H3,(H,15,19). The maximum Gasteiger partial charge on any atom is 0.247 e. The Morgan fingerprint density at radius 3 is 2.32 bits per heavy atom. The highest BCUT2D eigenvalue weighted by atomic mass is 16.3. The number of nitrogens with one attached hydrogen (secondary N) is 1. The molecule has 0 aliphatic carbocycles. The highest BCUT2D eigenvalue weighted by molar-refractivity contribution is 5.90. The number of likely N-dealkylation sites (tertiary alicyclic amines) is 1. The highest BCUT2D eigenvalue weighted by Gasteiger charge is 2.37. The van der Waals surface area contributed by atoms with Gasteiger partial charge in [-0.25, -0.2) is 0 Å². The number of carbonyl (C=O) groups excluding carboxylic acids is 2. The van der Waals surface area contributed by atoms with Gasteiger partial charge in [-0.2, -0.15) is 0 Å². The molecule has 0 bridgehead atoms. The zero-order valence-corrected chi connectivity index (χ0v) is 12.1. The van der Waals surface area contributed by atoms with Crippen LogP contribution in [0.4, 0.5) is 0 Å². The van der Waals surface area contributed by atoms with E-state index in [9.17, 15) is 14.7 Å². The van der Waals surface area contributed by atoms with E-state index in [1.54, 1.807) is 25.7 Å². The van der Waals surface area contributed by atoms with Crippen molar-refractivity contribution >= 4 is 11.8 Å². The fourth-order valence-electron chi connectivity index (χ4n) is 1.84. The van der Waals surface area contributed by atoms with Crippen molar-refractivity contribution in [2.75, 3.05) is 19.6 Å². The zero-order chi connectivity index (χ0) is 14.8. The van der Waals surface area contributed by atoms with E-state index in [0.29, 0.717) is 25.6 Å². The van der Waals surface area contributed by atoms with Crippen LogP contribution >= 0.6 is 0 Å². The lowest BCUT2D eigenvalue weighted by Gasteiger charge is -2.41. The molecule has 2 amide bonds. The highest BCUT2D eigenvalue weighted by Crippen LogP contribution is 2.18. The van der Waals surface area contributed by atoms with E-state index in [4.69, 9.17) is 5.73 Å². The first-order valence-corrected chi connectivity index (χ1v) is 6.64.